The number of nitrogens with zero attached hydrogens (tertiary/aromatic N) is 2. The van der Waals surface area contributed by atoms with E-state index in [1.807, 2.05) is 16.9 Å². The van der Waals surface area contributed by atoms with Gasteiger partial charge in [-0.15, -0.1) is 0 Å². The van der Waals surface area contributed by atoms with E-state index in [9.17, 15) is 4.39 Å². The highest BCUT2D eigenvalue weighted by Crippen LogP contribution is 2.20. The highest BCUT2D eigenvalue weighted by Gasteiger charge is 2.09. The number of hydrogen-bond donors (Lipinski definition) is 1. The first kappa shape index (κ1) is 15.5. The van der Waals surface area contributed by atoms with Crippen molar-refractivity contribution in [2.45, 2.75) is 45.9 Å². The summed E-state index contributed by atoms with van der Waals surface area (Å²) in [5, 5.41) is 13.4. The van der Waals surface area contributed by atoms with Gasteiger partial charge in [-0.25, -0.2) is 4.39 Å². The first-order valence-electron chi connectivity index (χ1n) is 7.24. The Bertz CT molecular complexity index is 579. The molecule has 0 fully saturated rings. The van der Waals surface area contributed by atoms with E-state index >= 15 is 0 Å². The number of benzene rings is 1. The predicted molar refractivity (Wildman–Crippen MR) is 78.5 cm³/mol. The third-order valence-electron chi connectivity index (χ3n) is 3.53. The van der Waals surface area contributed by atoms with E-state index in [2.05, 4.69) is 18.9 Å². The molecule has 1 N–H and O–H groups in total. The standard InChI is InChI=1S/C16H21FN2O2/c1-3-14(4-2)19-8-7-13(18-19)11-21-16-6-5-12(10-20)9-15(16)17/h5-9,14,20H,3-4,10-11H2,1-2H3. The van der Waals surface area contributed by atoms with E-state index in [4.69, 9.17) is 9.84 Å². The lowest BCUT2D eigenvalue weighted by atomic mass is 10.2. The van der Waals surface area contributed by atoms with Crippen LogP contribution in [0.2, 0.25) is 0 Å². The van der Waals surface area contributed by atoms with Crippen LogP contribution >= 0.6 is 0 Å². The van der Waals surface area contributed by atoms with Crippen molar-refractivity contribution in [1.29, 1.82) is 0 Å². The Hall–Kier alpha value is -1.88. The van der Waals surface area contributed by atoms with Gasteiger partial charge in [0, 0.05) is 6.20 Å². The van der Waals surface area contributed by atoms with E-state index in [-0.39, 0.29) is 19.0 Å². The van der Waals surface area contributed by atoms with Gasteiger partial charge in [-0.1, -0.05) is 19.9 Å². The summed E-state index contributed by atoms with van der Waals surface area (Å²) in [5.74, 6) is -0.301. The summed E-state index contributed by atoms with van der Waals surface area (Å²) >= 11 is 0. The highest BCUT2D eigenvalue weighted by molar-refractivity contribution is 5.29. The minimum absolute atomic E-state index is 0.171. The Morgan fingerprint density at radius 3 is 2.67 bits per heavy atom. The molecule has 5 heteroatoms. The number of aliphatic hydroxyl groups excluding tert-OH is 1. The maximum Gasteiger partial charge on any atom is 0.165 e. The number of halogens is 1. The summed E-state index contributed by atoms with van der Waals surface area (Å²) in [4.78, 5) is 0. The van der Waals surface area contributed by atoms with Crippen LogP contribution in [0.3, 0.4) is 0 Å². The minimum Gasteiger partial charge on any atom is -0.484 e. The number of rotatable bonds is 7. The highest BCUT2D eigenvalue weighted by atomic mass is 19.1. The fraction of sp³-hybridized carbons (Fsp3) is 0.438. The molecule has 0 bridgehead atoms. The summed E-state index contributed by atoms with van der Waals surface area (Å²) in [6.45, 7) is 4.30. The second-order valence-electron chi connectivity index (χ2n) is 4.97. The third kappa shape index (κ3) is 3.82. The van der Waals surface area contributed by atoms with Crippen LogP contribution in [0.5, 0.6) is 5.75 Å². The molecule has 0 amide bonds. The van der Waals surface area contributed by atoms with Gasteiger partial charge < -0.3 is 9.84 Å². The van der Waals surface area contributed by atoms with Gasteiger partial charge in [0.15, 0.2) is 11.6 Å². The third-order valence-corrected chi connectivity index (χ3v) is 3.53. The normalized spacial score (nSPS) is 11.1. The number of aromatic nitrogens is 2. The maximum atomic E-state index is 13.7. The molecule has 0 aliphatic carbocycles. The second-order valence-corrected chi connectivity index (χ2v) is 4.97. The average molecular weight is 292 g/mol. The van der Waals surface area contributed by atoms with Crippen LogP contribution < -0.4 is 4.74 Å². The average Bonchev–Trinajstić information content (AvgIpc) is 2.96. The molecule has 2 aromatic rings. The fourth-order valence-electron chi connectivity index (χ4n) is 2.23. The molecule has 1 aromatic heterocycles. The number of ether oxygens (including phenoxy) is 1. The number of hydrogen-bond acceptors (Lipinski definition) is 3. The quantitative estimate of drug-likeness (QED) is 0.850. The van der Waals surface area contributed by atoms with E-state index in [1.54, 1.807) is 6.07 Å². The van der Waals surface area contributed by atoms with Crippen molar-refractivity contribution in [2.75, 3.05) is 0 Å². The van der Waals surface area contributed by atoms with Gasteiger partial charge >= 0.3 is 0 Å². The van der Waals surface area contributed by atoms with Gasteiger partial charge in [-0.2, -0.15) is 5.10 Å². The Labute approximate surface area is 124 Å². The summed E-state index contributed by atoms with van der Waals surface area (Å²) in [6, 6.07) is 6.72. The Kier molecular flexibility index (Phi) is 5.33. The molecule has 0 spiro atoms. The van der Waals surface area contributed by atoms with Crippen LogP contribution in [0.15, 0.2) is 30.5 Å². The van der Waals surface area contributed by atoms with Crippen molar-refractivity contribution in [3.8, 4) is 5.75 Å². The molecule has 0 saturated carbocycles. The van der Waals surface area contributed by atoms with Gasteiger partial charge in [0.1, 0.15) is 6.61 Å². The van der Waals surface area contributed by atoms with Gasteiger partial charge in [0.05, 0.1) is 18.3 Å². The first-order chi connectivity index (χ1) is 10.2. The summed E-state index contributed by atoms with van der Waals surface area (Å²) in [6.07, 6.45) is 3.98. The van der Waals surface area contributed by atoms with Crippen LogP contribution in [0.1, 0.15) is 44.0 Å². The van der Waals surface area contributed by atoms with Gasteiger partial charge in [-0.05, 0) is 36.6 Å². The molecule has 0 aliphatic heterocycles. The van der Waals surface area contributed by atoms with Crippen molar-refractivity contribution in [1.82, 2.24) is 9.78 Å². The minimum atomic E-state index is -0.471. The van der Waals surface area contributed by atoms with Gasteiger partial charge in [0.25, 0.3) is 0 Å². The number of aliphatic hydroxyl groups is 1. The lowest BCUT2D eigenvalue weighted by Crippen LogP contribution is -2.08. The molecule has 21 heavy (non-hydrogen) atoms. The summed E-state index contributed by atoms with van der Waals surface area (Å²) in [5.41, 5.74) is 1.30. The monoisotopic (exact) mass is 292 g/mol. The maximum absolute atomic E-state index is 13.7. The van der Waals surface area contributed by atoms with Crippen molar-refractivity contribution in [3.63, 3.8) is 0 Å². The molecule has 1 heterocycles. The van der Waals surface area contributed by atoms with Crippen LogP contribution in [0.25, 0.3) is 0 Å². The lowest BCUT2D eigenvalue weighted by molar-refractivity contribution is 0.274. The first-order valence-corrected chi connectivity index (χ1v) is 7.24. The van der Waals surface area contributed by atoms with Crippen LogP contribution in [-0.2, 0) is 13.2 Å². The molecule has 0 unspecified atom stereocenters. The molecule has 4 nitrogen and oxygen atoms in total. The second kappa shape index (κ2) is 7.22. The van der Waals surface area contributed by atoms with Crippen LogP contribution in [0, 0.1) is 5.82 Å². The Morgan fingerprint density at radius 1 is 1.29 bits per heavy atom. The zero-order valence-corrected chi connectivity index (χ0v) is 12.4. The molecule has 114 valence electrons. The smallest absolute Gasteiger partial charge is 0.165 e. The largest absolute Gasteiger partial charge is 0.484 e. The predicted octanol–water partition coefficient (Wildman–Crippen LogP) is 3.45. The molecule has 0 atom stereocenters. The van der Waals surface area contributed by atoms with Crippen LogP contribution in [-0.4, -0.2) is 14.9 Å². The zero-order chi connectivity index (χ0) is 15.2. The molecule has 0 saturated heterocycles. The Balaban J connectivity index is 2.00. The fourth-order valence-corrected chi connectivity index (χ4v) is 2.23. The summed E-state index contributed by atoms with van der Waals surface area (Å²) < 4.78 is 21.1. The zero-order valence-electron chi connectivity index (χ0n) is 12.4. The van der Waals surface area contributed by atoms with E-state index in [0.29, 0.717) is 11.6 Å². The SMILES string of the molecule is CCC(CC)n1ccc(COc2ccc(CO)cc2F)n1. The van der Waals surface area contributed by atoms with E-state index in [1.165, 1.54) is 12.1 Å². The summed E-state index contributed by atoms with van der Waals surface area (Å²) in [7, 11) is 0. The topological polar surface area (TPSA) is 47.3 Å². The van der Waals surface area contributed by atoms with Crippen molar-refractivity contribution in [2.24, 2.45) is 0 Å². The molecule has 2 rings (SSSR count). The van der Waals surface area contributed by atoms with Gasteiger partial charge in [-0.3, -0.25) is 4.68 Å². The van der Waals surface area contributed by atoms with Crippen molar-refractivity contribution in [3.05, 3.63) is 47.5 Å². The van der Waals surface area contributed by atoms with E-state index < -0.39 is 5.82 Å². The van der Waals surface area contributed by atoms with Crippen molar-refractivity contribution < 1.29 is 14.2 Å². The van der Waals surface area contributed by atoms with Crippen LogP contribution in [0.4, 0.5) is 4.39 Å². The molecular weight excluding hydrogens is 271 g/mol. The Morgan fingerprint density at radius 2 is 2.05 bits per heavy atom. The van der Waals surface area contributed by atoms with E-state index in [0.717, 1.165) is 18.5 Å². The van der Waals surface area contributed by atoms with Gasteiger partial charge in [0.2, 0.25) is 0 Å². The lowest BCUT2D eigenvalue weighted by Gasteiger charge is -2.12. The molecular formula is C16H21FN2O2. The molecule has 0 aliphatic rings. The molecule has 0 radical (unpaired) electrons. The van der Waals surface area contributed by atoms with Crippen molar-refractivity contribution >= 4 is 0 Å². The molecule has 1 aromatic carbocycles.